The molecule has 0 fully saturated rings. The highest BCUT2D eigenvalue weighted by atomic mass is 32.1. The number of thiazole rings is 1. The van der Waals surface area contributed by atoms with E-state index in [2.05, 4.69) is 16.4 Å². The van der Waals surface area contributed by atoms with E-state index in [4.69, 9.17) is 0 Å². The van der Waals surface area contributed by atoms with Crippen molar-refractivity contribution in [3.05, 3.63) is 66.5 Å². The molecule has 0 aliphatic carbocycles. The first-order valence-corrected chi connectivity index (χ1v) is 5.87. The Labute approximate surface area is 98.6 Å². The summed E-state index contributed by atoms with van der Waals surface area (Å²) < 4.78 is 1.26. The molecule has 0 amide bonds. The van der Waals surface area contributed by atoms with Gasteiger partial charge in [0.05, 0.1) is 15.7 Å². The van der Waals surface area contributed by atoms with E-state index < -0.39 is 0 Å². The molecule has 16 heavy (non-hydrogen) atoms. The summed E-state index contributed by atoms with van der Waals surface area (Å²) in [7, 11) is 0. The maximum Gasteiger partial charge on any atom is 0.0812 e. The average Bonchev–Trinajstić information content (AvgIpc) is 2.61. The van der Waals surface area contributed by atoms with Gasteiger partial charge in [0.1, 0.15) is 0 Å². The Bertz CT molecular complexity index is 479. The summed E-state index contributed by atoms with van der Waals surface area (Å²) in [5.41, 5.74) is 2.97. The van der Waals surface area contributed by atoms with Crippen molar-refractivity contribution in [1.29, 1.82) is 0 Å². The van der Waals surface area contributed by atoms with Gasteiger partial charge >= 0.3 is 0 Å². The highest BCUT2D eigenvalue weighted by Gasteiger charge is 1.89. The van der Waals surface area contributed by atoms with Crippen LogP contribution in [-0.2, 0) is 0 Å². The zero-order chi connectivity index (χ0) is 11.1. The average molecular weight is 228 g/mol. The molecule has 0 bridgehead atoms. The smallest absolute Gasteiger partial charge is 0.0812 e. The van der Waals surface area contributed by atoms with Crippen LogP contribution in [0.25, 0.3) is 10.2 Å². The molecule has 1 aromatic carbocycles. The first-order chi connectivity index (χ1) is 7.97. The summed E-state index contributed by atoms with van der Waals surface area (Å²) in [6.07, 6.45) is 11.6. The van der Waals surface area contributed by atoms with Gasteiger partial charge in [-0.15, -0.1) is 11.3 Å². The minimum atomic E-state index is 1.10. The first kappa shape index (κ1) is 10.6. The molecule has 1 N–H and O–H groups in total. The van der Waals surface area contributed by atoms with E-state index in [1.807, 2.05) is 60.4 Å². The lowest BCUT2D eigenvalue weighted by atomic mass is 10.3. The lowest BCUT2D eigenvalue weighted by molar-refractivity contribution is 1.20. The summed E-state index contributed by atoms with van der Waals surface area (Å²) in [4.78, 5) is 4.14. The van der Waals surface area contributed by atoms with Crippen LogP contribution in [0.1, 0.15) is 0 Å². The van der Waals surface area contributed by atoms with E-state index in [1.165, 1.54) is 4.70 Å². The van der Waals surface area contributed by atoms with Crippen molar-refractivity contribution in [3.8, 4) is 0 Å². The van der Waals surface area contributed by atoms with Gasteiger partial charge in [0.2, 0.25) is 0 Å². The molecule has 1 aromatic heterocycles. The second-order valence-corrected chi connectivity index (χ2v) is 3.98. The maximum absolute atomic E-state index is 4.14. The first-order valence-electron chi connectivity index (χ1n) is 4.99. The fraction of sp³-hybridized carbons (Fsp3) is 0. The van der Waals surface area contributed by atoms with Crippen LogP contribution in [0, 0.1) is 0 Å². The molecule has 3 rings (SSSR count). The van der Waals surface area contributed by atoms with Gasteiger partial charge in [-0.25, -0.2) is 4.98 Å². The van der Waals surface area contributed by atoms with Crippen molar-refractivity contribution in [2.45, 2.75) is 0 Å². The van der Waals surface area contributed by atoms with Crippen molar-refractivity contribution >= 4 is 21.6 Å². The Hall–Kier alpha value is -1.87. The van der Waals surface area contributed by atoms with Crippen LogP contribution in [0.15, 0.2) is 66.5 Å². The van der Waals surface area contributed by atoms with Gasteiger partial charge in [-0.1, -0.05) is 24.3 Å². The molecule has 0 saturated heterocycles. The summed E-state index contributed by atoms with van der Waals surface area (Å²) in [5, 5.41) is 2.92. The molecular weight excluding hydrogens is 216 g/mol. The third kappa shape index (κ3) is 3.07. The number of hydrogen-bond acceptors (Lipinski definition) is 3. The Kier molecular flexibility index (Phi) is 3.91. The topological polar surface area (TPSA) is 24.9 Å². The van der Waals surface area contributed by atoms with Gasteiger partial charge in [-0.2, -0.15) is 0 Å². The molecule has 3 heteroatoms. The number of benzene rings is 1. The molecule has 0 unspecified atom stereocenters. The Morgan fingerprint density at radius 1 is 0.938 bits per heavy atom. The number of allylic oxidation sites excluding steroid dienone is 4. The standard InChI is InChI=1S/C7H5NS.C6H7N/c1-2-4-7-6(3-1)8-5-9-7;1-2-4-6-7-5-3-1/h1-5H;1-7H. The van der Waals surface area contributed by atoms with Gasteiger partial charge < -0.3 is 5.32 Å². The van der Waals surface area contributed by atoms with Crippen LogP contribution in [0.3, 0.4) is 0 Å². The highest BCUT2D eigenvalue weighted by molar-refractivity contribution is 7.16. The summed E-state index contributed by atoms with van der Waals surface area (Å²) in [5.74, 6) is 0. The van der Waals surface area contributed by atoms with E-state index >= 15 is 0 Å². The summed E-state index contributed by atoms with van der Waals surface area (Å²) in [6.45, 7) is 0. The zero-order valence-corrected chi connectivity index (χ0v) is 9.52. The van der Waals surface area contributed by atoms with Crippen molar-refractivity contribution in [3.63, 3.8) is 0 Å². The van der Waals surface area contributed by atoms with Crippen molar-refractivity contribution < 1.29 is 0 Å². The van der Waals surface area contributed by atoms with Gasteiger partial charge in [-0.05, 0) is 24.3 Å². The van der Waals surface area contributed by atoms with Crippen molar-refractivity contribution in [2.75, 3.05) is 0 Å². The predicted molar refractivity (Wildman–Crippen MR) is 70.2 cm³/mol. The van der Waals surface area contributed by atoms with Gasteiger partial charge in [0.15, 0.2) is 0 Å². The van der Waals surface area contributed by atoms with Gasteiger partial charge in [0, 0.05) is 12.4 Å². The van der Waals surface area contributed by atoms with Crippen LogP contribution in [0.2, 0.25) is 0 Å². The third-order valence-corrected chi connectivity index (χ3v) is 2.76. The van der Waals surface area contributed by atoms with Crippen molar-refractivity contribution in [1.82, 2.24) is 10.3 Å². The number of nitrogens with zero attached hydrogens (tertiary/aromatic N) is 1. The number of aromatic nitrogens is 1. The van der Waals surface area contributed by atoms with Crippen molar-refractivity contribution in [2.24, 2.45) is 0 Å². The molecule has 2 nitrogen and oxygen atoms in total. The second-order valence-electron chi connectivity index (χ2n) is 3.09. The lowest BCUT2D eigenvalue weighted by Gasteiger charge is -1.80. The Balaban J connectivity index is 0.000000125. The Morgan fingerprint density at radius 3 is 2.44 bits per heavy atom. The molecule has 2 heterocycles. The molecule has 80 valence electrons. The zero-order valence-electron chi connectivity index (χ0n) is 8.71. The quantitative estimate of drug-likeness (QED) is 0.746. The maximum atomic E-state index is 4.14. The van der Waals surface area contributed by atoms with E-state index in [-0.39, 0.29) is 0 Å². The monoisotopic (exact) mass is 228 g/mol. The fourth-order valence-electron chi connectivity index (χ4n) is 1.21. The largest absolute Gasteiger partial charge is 0.368 e. The molecule has 0 radical (unpaired) electrons. The van der Waals surface area contributed by atoms with Gasteiger partial charge in [0.25, 0.3) is 0 Å². The van der Waals surface area contributed by atoms with Crippen LogP contribution < -0.4 is 5.32 Å². The molecule has 0 saturated carbocycles. The minimum absolute atomic E-state index is 1.10. The number of rotatable bonds is 0. The second kappa shape index (κ2) is 5.88. The number of fused-ring (bicyclic) bond motifs is 1. The number of hydrogen-bond donors (Lipinski definition) is 1. The summed E-state index contributed by atoms with van der Waals surface area (Å²) in [6, 6.07) is 8.13. The summed E-state index contributed by atoms with van der Waals surface area (Å²) >= 11 is 1.68. The number of para-hydroxylation sites is 1. The molecule has 0 spiro atoms. The van der Waals surface area contributed by atoms with E-state index in [0.29, 0.717) is 0 Å². The lowest BCUT2D eigenvalue weighted by Crippen LogP contribution is -1.87. The Morgan fingerprint density at radius 2 is 1.69 bits per heavy atom. The van der Waals surface area contributed by atoms with E-state index in [0.717, 1.165) is 5.52 Å². The van der Waals surface area contributed by atoms with Gasteiger partial charge in [-0.3, -0.25) is 0 Å². The van der Waals surface area contributed by atoms with Crippen LogP contribution in [-0.4, -0.2) is 4.98 Å². The fourth-order valence-corrected chi connectivity index (χ4v) is 1.89. The predicted octanol–water partition coefficient (Wildman–Crippen LogP) is 3.47. The molecular formula is C13H12N2S. The van der Waals surface area contributed by atoms with Crippen LogP contribution in [0.4, 0.5) is 0 Å². The highest BCUT2D eigenvalue weighted by Crippen LogP contribution is 2.15. The third-order valence-electron chi connectivity index (χ3n) is 1.95. The minimum Gasteiger partial charge on any atom is -0.368 e. The van der Waals surface area contributed by atoms with Crippen LogP contribution in [0.5, 0.6) is 0 Å². The number of nitrogens with one attached hydrogen (secondary N) is 1. The SMILES string of the molecule is C1=CC=CNC=C1.c1ccc2scnc2c1. The van der Waals surface area contributed by atoms with Crippen LogP contribution >= 0.6 is 11.3 Å². The molecule has 1 aliphatic rings. The van der Waals surface area contributed by atoms with E-state index in [9.17, 15) is 0 Å². The molecule has 1 aliphatic heterocycles. The molecule has 0 atom stereocenters. The van der Waals surface area contributed by atoms with E-state index in [1.54, 1.807) is 11.3 Å². The normalized spacial score (nSPS) is 12.8. The molecule has 2 aromatic rings.